The molecule has 1 unspecified atom stereocenters. The summed E-state index contributed by atoms with van der Waals surface area (Å²) in [5.74, 6) is 4.88. The molecule has 6 nitrogen and oxygen atoms in total. The Kier molecular flexibility index (Phi) is 5.29. The summed E-state index contributed by atoms with van der Waals surface area (Å²) in [5.41, 5.74) is 2.51. The Morgan fingerprint density at radius 3 is 2.72 bits per heavy atom. The van der Waals surface area contributed by atoms with Gasteiger partial charge in [0.1, 0.15) is 5.75 Å². The van der Waals surface area contributed by atoms with E-state index in [1.54, 1.807) is 24.3 Å². The van der Waals surface area contributed by atoms with Gasteiger partial charge in [-0.25, -0.2) is 5.84 Å². The third-order valence-corrected chi connectivity index (χ3v) is 2.27. The lowest BCUT2D eigenvalue weighted by atomic mass is 10.1. The standard InChI is InChI=1S/C12H16N2O4/c1-8(15)9-4-3-5-10(6-9)18-11(7-17-2)12(16)14-13/h3-6,11H,7,13H2,1-2H3,(H,14,16). The Morgan fingerprint density at radius 1 is 1.44 bits per heavy atom. The Balaban J connectivity index is 2.83. The fourth-order valence-corrected chi connectivity index (χ4v) is 1.36. The van der Waals surface area contributed by atoms with Crippen molar-refractivity contribution in [2.45, 2.75) is 13.0 Å². The normalized spacial score (nSPS) is 11.7. The zero-order valence-corrected chi connectivity index (χ0v) is 10.3. The number of ketones is 1. The van der Waals surface area contributed by atoms with Crippen LogP contribution in [-0.2, 0) is 9.53 Å². The number of amides is 1. The van der Waals surface area contributed by atoms with E-state index in [9.17, 15) is 9.59 Å². The highest BCUT2D eigenvalue weighted by Crippen LogP contribution is 2.15. The molecule has 1 atom stereocenters. The first-order valence-corrected chi connectivity index (χ1v) is 5.35. The molecule has 0 saturated heterocycles. The van der Waals surface area contributed by atoms with E-state index < -0.39 is 12.0 Å². The van der Waals surface area contributed by atoms with Gasteiger partial charge < -0.3 is 9.47 Å². The number of methoxy groups -OCH3 is 1. The van der Waals surface area contributed by atoms with Crippen molar-refractivity contribution in [2.75, 3.05) is 13.7 Å². The van der Waals surface area contributed by atoms with Crippen molar-refractivity contribution in [3.8, 4) is 5.75 Å². The molecular weight excluding hydrogens is 236 g/mol. The number of nitrogens with two attached hydrogens (primary N) is 1. The summed E-state index contributed by atoms with van der Waals surface area (Å²) < 4.78 is 10.3. The Labute approximate surface area is 105 Å². The zero-order valence-electron chi connectivity index (χ0n) is 10.3. The fourth-order valence-electron chi connectivity index (χ4n) is 1.36. The number of hydrogen-bond donors (Lipinski definition) is 2. The Bertz CT molecular complexity index is 434. The summed E-state index contributed by atoms with van der Waals surface area (Å²) in [5, 5.41) is 0. The van der Waals surface area contributed by atoms with Crippen molar-refractivity contribution in [1.82, 2.24) is 5.43 Å². The largest absolute Gasteiger partial charge is 0.478 e. The highest BCUT2D eigenvalue weighted by atomic mass is 16.5. The van der Waals surface area contributed by atoms with E-state index >= 15 is 0 Å². The second-order valence-electron chi connectivity index (χ2n) is 3.65. The number of ether oxygens (including phenoxy) is 2. The van der Waals surface area contributed by atoms with Gasteiger partial charge in [0.25, 0.3) is 5.91 Å². The predicted octanol–water partition coefficient (Wildman–Crippen LogP) is 0.273. The van der Waals surface area contributed by atoms with Crippen LogP contribution in [0.1, 0.15) is 17.3 Å². The van der Waals surface area contributed by atoms with E-state index in [1.165, 1.54) is 14.0 Å². The average molecular weight is 252 g/mol. The van der Waals surface area contributed by atoms with Crippen LogP contribution in [0.15, 0.2) is 24.3 Å². The van der Waals surface area contributed by atoms with Crippen LogP contribution < -0.4 is 16.0 Å². The minimum Gasteiger partial charge on any atom is -0.478 e. The SMILES string of the molecule is COCC(Oc1cccc(C(C)=O)c1)C(=O)NN. The van der Waals surface area contributed by atoms with Crippen LogP contribution >= 0.6 is 0 Å². The van der Waals surface area contributed by atoms with Crippen LogP contribution in [0.5, 0.6) is 5.75 Å². The number of nitrogens with one attached hydrogen (secondary N) is 1. The molecule has 0 heterocycles. The summed E-state index contributed by atoms with van der Waals surface area (Å²) in [6.07, 6.45) is -0.859. The maximum atomic E-state index is 11.4. The first-order chi connectivity index (χ1) is 8.58. The first-order valence-electron chi connectivity index (χ1n) is 5.35. The Morgan fingerprint density at radius 2 is 2.17 bits per heavy atom. The van der Waals surface area contributed by atoms with E-state index in [-0.39, 0.29) is 12.4 Å². The highest BCUT2D eigenvalue weighted by molar-refractivity contribution is 5.94. The van der Waals surface area contributed by atoms with Gasteiger partial charge in [-0.3, -0.25) is 15.0 Å². The molecule has 98 valence electrons. The first kappa shape index (κ1) is 14.1. The van der Waals surface area contributed by atoms with Crippen LogP contribution in [0.4, 0.5) is 0 Å². The third kappa shape index (κ3) is 3.83. The molecule has 6 heteroatoms. The van der Waals surface area contributed by atoms with Crippen molar-refractivity contribution >= 4 is 11.7 Å². The van der Waals surface area contributed by atoms with E-state index in [1.807, 2.05) is 5.43 Å². The molecule has 1 amide bonds. The molecule has 0 aromatic heterocycles. The number of hydrazine groups is 1. The topological polar surface area (TPSA) is 90.6 Å². The molecule has 0 bridgehead atoms. The smallest absolute Gasteiger partial charge is 0.277 e. The predicted molar refractivity (Wildman–Crippen MR) is 65.1 cm³/mol. The van der Waals surface area contributed by atoms with Gasteiger partial charge in [-0.15, -0.1) is 0 Å². The Hall–Kier alpha value is -1.92. The second-order valence-corrected chi connectivity index (χ2v) is 3.65. The lowest BCUT2D eigenvalue weighted by molar-refractivity contribution is -0.130. The van der Waals surface area contributed by atoms with Crippen molar-refractivity contribution in [3.63, 3.8) is 0 Å². The molecule has 0 fully saturated rings. The van der Waals surface area contributed by atoms with E-state index in [2.05, 4.69) is 0 Å². The lowest BCUT2D eigenvalue weighted by Gasteiger charge is -2.16. The van der Waals surface area contributed by atoms with E-state index in [4.69, 9.17) is 15.3 Å². The number of hydrogen-bond acceptors (Lipinski definition) is 5. The fraction of sp³-hybridized carbons (Fsp3) is 0.333. The van der Waals surface area contributed by atoms with Gasteiger partial charge in [0.2, 0.25) is 6.10 Å². The monoisotopic (exact) mass is 252 g/mol. The molecule has 0 aliphatic heterocycles. The van der Waals surface area contributed by atoms with Gasteiger partial charge >= 0.3 is 0 Å². The van der Waals surface area contributed by atoms with Crippen molar-refractivity contribution in [2.24, 2.45) is 5.84 Å². The molecule has 0 saturated carbocycles. The maximum absolute atomic E-state index is 11.4. The summed E-state index contributed by atoms with van der Waals surface area (Å²) in [6, 6.07) is 6.56. The minimum atomic E-state index is -0.859. The molecule has 0 aliphatic rings. The minimum absolute atomic E-state index is 0.0628. The quantitative estimate of drug-likeness (QED) is 0.328. The number of carbonyl (C=O) groups excluding carboxylic acids is 2. The molecule has 0 spiro atoms. The second kappa shape index (κ2) is 6.73. The van der Waals surface area contributed by atoms with Gasteiger partial charge in [0, 0.05) is 12.7 Å². The third-order valence-electron chi connectivity index (χ3n) is 2.27. The highest BCUT2D eigenvalue weighted by Gasteiger charge is 2.19. The molecule has 0 radical (unpaired) electrons. The molecule has 3 N–H and O–H groups in total. The van der Waals surface area contributed by atoms with Crippen LogP contribution in [0.2, 0.25) is 0 Å². The van der Waals surface area contributed by atoms with Crippen molar-refractivity contribution in [1.29, 1.82) is 0 Å². The van der Waals surface area contributed by atoms with Crippen LogP contribution in [-0.4, -0.2) is 31.5 Å². The zero-order chi connectivity index (χ0) is 13.5. The van der Waals surface area contributed by atoms with Crippen LogP contribution in [0.25, 0.3) is 0 Å². The van der Waals surface area contributed by atoms with Crippen LogP contribution in [0, 0.1) is 0 Å². The summed E-state index contributed by atoms with van der Waals surface area (Å²) in [7, 11) is 1.45. The molecule has 1 rings (SSSR count). The summed E-state index contributed by atoms with van der Waals surface area (Å²) >= 11 is 0. The molecule has 18 heavy (non-hydrogen) atoms. The van der Waals surface area contributed by atoms with Gasteiger partial charge in [0.15, 0.2) is 5.78 Å². The molecular formula is C12H16N2O4. The average Bonchev–Trinajstić information content (AvgIpc) is 2.37. The van der Waals surface area contributed by atoms with Gasteiger partial charge in [0.05, 0.1) is 6.61 Å². The van der Waals surface area contributed by atoms with E-state index in [0.717, 1.165) is 0 Å². The number of benzene rings is 1. The van der Waals surface area contributed by atoms with Gasteiger partial charge in [-0.1, -0.05) is 12.1 Å². The number of rotatable bonds is 6. The molecule has 1 aromatic carbocycles. The number of Topliss-reactive ketones (excluding diaryl/α,β-unsaturated/α-hetero) is 1. The summed E-state index contributed by atoms with van der Waals surface area (Å²) in [6.45, 7) is 1.52. The lowest BCUT2D eigenvalue weighted by Crippen LogP contribution is -2.44. The van der Waals surface area contributed by atoms with Crippen LogP contribution in [0.3, 0.4) is 0 Å². The molecule has 0 aliphatic carbocycles. The van der Waals surface area contributed by atoms with E-state index in [0.29, 0.717) is 11.3 Å². The number of carbonyl (C=O) groups is 2. The van der Waals surface area contributed by atoms with Crippen molar-refractivity contribution < 1.29 is 19.1 Å². The van der Waals surface area contributed by atoms with Gasteiger partial charge in [-0.05, 0) is 19.1 Å². The van der Waals surface area contributed by atoms with Crippen molar-refractivity contribution in [3.05, 3.63) is 29.8 Å². The molecule has 1 aromatic rings. The maximum Gasteiger partial charge on any atom is 0.277 e. The van der Waals surface area contributed by atoms with Gasteiger partial charge in [-0.2, -0.15) is 0 Å². The summed E-state index contributed by atoms with van der Waals surface area (Å²) in [4.78, 5) is 22.6.